The molecule has 96 valence electrons. The number of aryl methyl sites for hydroxylation is 1. The lowest BCUT2D eigenvalue weighted by Gasteiger charge is -2.14. The molecule has 6 heteroatoms. The highest BCUT2D eigenvalue weighted by Gasteiger charge is 2.20. The van der Waals surface area contributed by atoms with Crippen molar-refractivity contribution in [3.8, 4) is 5.75 Å². The largest absolute Gasteiger partial charge is 0.493 e. The van der Waals surface area contributed by atoms with Gasteiger partial charge < -0.3 is 10.5 Å². The van der Waals surface area contributed by atoms with Crippen molar-refractivity contribution < 1.29 is 4.74 Å². The fourth-order valence-corrected chi connectivity index (χ4v) is 2.05. The molecule has 1 unspecified atom stereocenters. The number of pyridine rings is 1. The lowest BCUT2D eigenvalue weighted by Crippen LogP contribution is -2.19. The summed E-state index contributed by atoms with van der Waals surface area (Å²) < 4.78 is 8.05. The van der Waals surface area contributed by atoms with E-state index in [-0.39, 0.29) is 6.04 Å². The van der Waals surface area contributed by atoms with Crippen molar-refractivity contribution >= 4 is 15.9 Å². The summed E-state index contributed by atoms with van der Waals surface area (Å²) in [5.74, 6) is 0.689. The summed E-state index contributed by atoms with van der Waals surface area (Å²) >= 11 is 3.35. The minimum Gasteiger partial charge on any atom is -0.493 e. The minimum absolute atomic E-state index is 0.351. The van der Waals surface area contributed by atoms with Crippen molar-refractivity contribution in [2.24, 2.45) is 5.73 Å². The average Bonchev–Trinajstić information content (AvgIpc) is 2.81. The van der Waals surface area contributed by atoms with Crippen molar-refractivity contribution in [1.82, 2.24) is 14.8 Å². The Bertz CT molecular complexity index is 502. The number of aromatic nitrogens is 3. The van der Waals surface area contributed by atoms with Gasteiger partial charge in [0, 0.05) is 17.2 Å². The molecule has 0 aliphatic carbocycles. The zero-order valence-corrected chi connectivity index (χ0v) is 11.9. The molecular weight excluding hydrogens is 296 g/mol. The Morgan fingerprint density at radius 2 is 2.22 bits per heavy atom. The van der Waals surface area contributed by atoms with Gasteiger partial charge in [-0.05, 0) is 35.0 Å². The van der Waals surface area contributed by atoms with Crippen LogP contribution in [0.15, 0.2) is 29.0 Å². The normalized spacial score (nSPS) is 12.4. The smallest absolute Gasteiger partial charge is 0.161 e. The third kappa shape index (κ3) is 2.39. The molecule has 0 aliphatic rings. The monoisotopic (exact) mass is 310 g/mol. The SMILES string of the molecule is CCn1ncc(OC)c1C(N)c1ccc(Br)cn1. The summed E-state index contributed by atoms with van der Waals surface area (Å²) in [6.07, 6.45) is 3.41. The van der Waals surface area contributed by atoms with Gasteiger partial charge in [-0.2, -0.15) is 5.10 Å². The van der Waals surface area contributed by atoms with E-state index in [9.17, 15) is 0 Å². The number of halogens is 1. The predicted octanol–water partition coefficient (Wildman–Crippen LogP) is 2.12. The van der Waals surface area contributed by atoms with Gasteiger partial charge in [-0.3, -0.25) is 9.67 Å². The molecular formula is C12H15BrN4O. The van der Waals surface area contributed by atoms with Crippen LogP contribution in [-0.4, -0.2) is 21.9 Å². The second kappa shape index (κ2) is 5.49. The summed E-state index contributed by atoms with van der Waals surface area (Å²) in [5.41, 5.74) is 7.87. The maximum absolute atomic E-state index is 6.24. The lowest BCUT2D eigenvalue weighted by atomic mass is 10.1. The van der Waals surface area contributed by atoms with Crippen LogP contribution >= 0.6 is 15.9 Å². The summed E-state index contributed by atoms with van der Waals surface area (Å²) in [6, 6.07) is 3.46. The van der Waals surface area contributed by atoms with Crippen LogP contribution in [0.2, 0.25) is 0 Å². The van der Waals surface area contributed by atoms with Crippen LogP contribution in [0.3, 0.4) is 0 Å². The Labute approximate surface area is 114 Å². The molecule has 0 radical (unpaired) electrons. The van der Waals surface area contributed by atoms with E-state index in [1.807, 2.05) is 23.7 Å². The Morgan fingerprint density at radius 3 is 2.78 bits per heavy atom. The van der Waals surface area contributed by atoms with Gasteiger partial charge >= 0.3 is 0 Å². The van der Waals surface area contributed by atoms with E-state index in [0.29, 0.717) is 5.75 Å². The van der Waals surface area contributed by atoms with E-state index in [0.717, 1.165) is 22.4 Å². The maximum Gasteiger partial charge on any atom is 0.161 e. The molecule has 0 saturated heterocycles. The van der Waals surface area contributed by atoms with Gasteiger partial charge in [0.15, 0.2) is 5.75 Å². The van der Waals surface area contributed by atoms with Crippen molar-refractivity contribution in [1.29, 1.82) is 0 Å². The Hall–Kier alpha value is -1.40. The number of hydrogen-bond acceptors (Lipinski definition) is 4. The first kappa shape index (κ1) is 13.0. The third-order valence-corrected chi connectivity index (χ3v) is 3.20. The first-order valence-electron chi connectivity index (χ1n) is 5.64. The molecule has 0 saturated carbocycles. The molecule has 0 spiro atoms. The topological polar surface area (TPSA) is 66.0 Å². The summed E-state index contributed by atoms with van der Waals surface area (Å²) in [4.78, 5) is 4.32. The van der Waals surface area contributed by atoms with Crippen LogP contribution in [-0.2, 0) is 6.54 Å². The standard InChI is InChI=1S/C12H15BrN4O/c1-3-17-12(10(18-2)7-16-17)11(14)9-5-4-8(13)6-15-9/h4-7,11H,3,14H2,1-2H3. The Balaban J connectivity index is 2.41. The predicted molar refractivity (Wildman–Crippen MR) is 72.4 cm³/mol. The van der Waals surface area contributed by atoms with E-state index >= 15 is 0 Å². The Kier molecular flexibility index (Phi) is 3.98. The first-order valence-corrected chi connectivity index (χ1v) is 6.43. The van der Waals surface area contributed by atoms with E-state index in [1.165, 1.54) is 0 Å². The molecule has 0 aromatic carbocycles. The van der Waals surface area contributed by atoms with E-state index < -0.39 is 0 Å². The minimum atomic E-state index is -0.351. The van der Waals surface area contributed by atoms with Crippen LogP contribution in [0.1, 0.15) is 24.4 Å². The molecule has 5 nitrogen and oxygen atoms in total. The summed E-state index contributed by atoms with van der Waals surface area (Å²) in [6.45, 7) is 2.75. The molecule has 2 aromatic rings. The van der Waals surface area contributed by atoms with Crippen molar-refractivity contribution in [2.75, 3.05) is 7.11 Å². The number of hydrogen-bond donors (Lipinski definition) is 1. The highest BCUT2D eigenvalue weighted by atomic mass is 79.9. The van der Waals surface area contributed by atoms with E-state index in [4.69, 9.17) is 10.5 Å². The molecule has 0 amide bonds. The lowest BCUT2D eigenvalue weighted by molar-refractivity contribution is 0.404. The number of rotatable bonds is 4. The van der Waals surface area contributed by atoms with Gasteiger partial charge in [0.05, 0.1) is 25.0 Å². The molecule has 2 heterocycles. The quantitative estimate of drug-likeness (QED) is 0.939. The van der Waals surface area contributed by atoms with Crippen LogP contribution < -0.4 is 10.5 Å². The summed E-state index contributed by atoms with van der Waals surface area (Å²) in [7, 11) is 1.61. The fraction of sp³-hybridized carbons (Fsp3) is 0.333. The molecule has 0 fully saturated rings. The van der Waals surface area contributed by atoms with Gasteiger partial charge in [-0.25, -0.2) is 0 Å². The second-order valence-electron chi connectivity index (χ2n) is 3.79. The van der Waals surface area contributed by atoms with Gasteiger partial charge in [-0.15, -0.1) is 0 Å². The molecule has 2 aromatic heterocycles. The summed E-state index contributed by atoms with van der Waals surface area (Å²) in [5, 5.41) is 4.24. The molecule has 1 atom stereocenters. The fourth-order valence-electron chi connectivity index (χ4n) is 1.81. The number of methoxy groups -OCH3 is 1. The highest BCUT2D eigenvalue weighted by Crippen LogP contribution is 2.27. The van der Waals surface area contributed by atoms with Gasteiger partial charge in [0.2, 0.25) is 0 Å². The van der Waals surface area contributed by atoms with Gasteiger partial charge in [0.1, 0.15) is 5.69 Å². The van der Waals surface area contributed by atoms with Crippen molar-refractivity contribution in [3.05, 3.63) is 40.4 Å². The number of nitrogens with two attached hydrogens (primary N) is 1. The van der Waals surface area contributed by atoms with E-state index in [2.05, 4.69) is 26.0 Å². The van der Waals surface area contributed by atoms with Crippen LogP contribution in [0.25, 0.3) is 0 Å². The van der Waals surface area contributed by atoms with Crippen molar-refractivity contribution in [2.45, 2.75) is 19.5 Å². The molecule has 0 aliphatic heterocycles. The van der Waals surface area contributed by atoms with Gasteiger partial charge in [-0.1, -0.05) is 0 Å². The van der Waals surface area contributed by atoms with Crippen LogP contribution in [0.4, 0.5) is 0 Å². The molecule has 0 bridgehead atoms. The average molecular weight is 311 g/mol. The molecule has 18 heavy (non-hydrogen) atoms. The van der Waals surface area contributed by atoms with Crippen LogP contribution in [0.5, 0.6) is 5.75 Å². The molecule has 2 N–H and O–H groups in total. The zero-order chi connectivity index (χ0) is 13.1. The van der Waals surface area contributed by atoms with Crippen molar-refractivity contribution in [3.63, 3.8) is 0 Å². The first-order chi connectivity index (χ1) is 8.67. The number of ether oxygens (including phenoxy) is 1. The second-order valence-corrected chi connectivity index (χ2v) is 4.71. The maximum atomic E-state index is 6.24. The Morgan fingerprint density at radius 1 is 1.44 bits per heavy atom. The number of nitrogens with zero attached hydrogens (tertiary/aromatic N) is 3. The van der Waals surface area contributed by atoms with Gasteiger partial charge in [0.25, 0.3) is 0 Å². The molecule has 2 rings (SSSR count). The zero-order valence-electron chi connectivity index (χ0n) is 10.3. The third-order valence-electron chi connectivity index (χ3n) is 2.73. The van der Waals surface area contributed by atoms with E-state index in [1.54, 1.807) is 19.5 Å². The van der Waals surface area contributed by atoms with Crippen LogP contribution in [0, 0.1) is 0 Å². The highest BCUT2D eigenvalue weighted by molar-refractivity contribution is 9.10.